The number of halogens is 1. The van der Waals surface area contributed by atoms with E-state index >= 15 is 0 Å². The molecule has 1 aliphatic rings. The quantitative estimate of drug-likeness (QED) is 0.757. The summed E-state index contributed by atoms with van der Waals surface area (Å²) in [5, 5.41) is 0.728. The third-order valence-corrected chi connectivity index (χ3v) is 5.20. The van der Waals surface area contributed by atoms with Crippen molar-refractivity contribution in [3.8, 4) is 11.5 Å². The second-order valence-electron chi connectivity index (χ2n) is 6.46. The summed E-state index contributed by atoms with van der Waals surface area (Å²) in [5.74, 6) is 1.54. The topological polar surface area (TPSA) is 42.0 Å². The van der Waals surface area contributed by atoms with Gasteiger partial charge in [-0.3, -0.25) is 4.79 Å². The largest absolute Gasteiger partial charge is 0.497 e. The molecular formula is C21H25ClN2O3. The molecular weight excluding hydrogens is 364 g/mol. The molecule has 3 rings (SSSR count). The second kappa shape index (κ2) is 9.00. The molecule has 0 spiro atoms. The Bertz CT molecular complexity index is 771. The van der Waals surface area contributed by atoms with E-state index in [4.69, 9.17) is 21.1 Å². The highest BCUT2D eigenvalue weighted by molar-refractivity contribution is 6.31. The molecule has 0 saturated carbocycles. The fraction of sp³-hybridized carbons (Fsp3) is 0.381. The van der Waals surface area contributed by atoms with Crippen LogP contribution in [-0.4, -0.2) is 50.7 Å². The number of aryl methyl sites for hydroxylation is 1. The van der Waals surface area contributed by atoms with Crippen molar-refractivity contribution in [2.75, 3.05) is 44.8 Å². The summed E-state index contributed by atoms with van der Waals surface area (Å²) in [6, 6.07) is 13.5. The van der Waals surface area contributed by atoms with Crippen LogP contribution in [0.2, 0.25) is 5.02 Å². The van der Waals surface area contributed by atoms with Crippen molar-refractivity contribution in [3.05, 3.63) is 53.1 Å². The zero-order valence-electron chi connectivity index (χ0n) is 15.8. The smallest absolute Gasteiger partial charge is 0.260 e. The lowest BCUT2D eigenvalue weighted by Gasteiger charge is -2.36. The van der Waals surface area contributed by atoms with E-state index in [9.17, 15) is 4.79 Å². The van der Waals surface area contributed by atoms with E-state index < -0.39 is 0 Å². The number of methoxy groups -OCH3 is 1. The van der Waals surface area contributed by atoms with Gasteiger partial charge in [-0.05, 0) is 54.4 Å². The van der Waals surface area contributed by atoms with E-state index in [1.807, 2.05) is 48.2 Å². The molecule has 0 atom stereocenters. The Balaban J connectivity index is 1.49. The Morgan fingerprint density at radius 2 is 1.70 bits per heavy atom. The van der Waals surface area contributed by atoms with Crippen molar-refractivity contribution in [1.29, 1.82) is 0 Å². The van der Waals surface area contributed by atoms with Crippen LogP contribution < -0.4 is 14.4 Å². The highest BCUT2D eigenvalue weighted by Gasteiger charge is 2.21. The van der Waals surface area contributed by atoms with Gasteiger partial charge < -0.3 is 19.3 Å². The van der Waals surface area contributed by atoms with Gasteiger partial charge in [0.1, 0.15) is 11.5 Å². The van der Waals surface area contributed by atoms with Crippen molar-refractivity contribution >= 4 is 23.2 Å². The molecule has 0 aliphatic carbocycles. The first-order valence-corrected chi connectivity index (χ1v) is 9.56. The van der Waals surface area contributed by atoms with E-state index in [0.29, 0.717) is 18.8 Å². The summed E-state index contributed by atoms with van der Waals surface area (Å²) in [7, 11) is 1.66. The minimum Gasteiger partial charge on any atom is -0.497 e. The van der Waals surface area contributed by atoms with E-state index in [0.717, 1.165) is 41.5 Å². The second-order valence-corrected chi connectivity index (χ2v) is 6.87. The lowest BCUT2D eigenvalue weighted by Crippen LogP contribution is -2.50. The third kappa shape index (κ3) is 4.86. The summed E-state index contributed by atoms with van der Waals surface area (Å²) in [6.45, 7) is 5.08. The number of benzene rings is 2. The van der Waals surface area contributed by atoms with Crippen LogP contribution >= 0.6 is 11.6 Å². The number of amides is 1. The third-order valence-electron chi connectivity index (χ3n) is 4.83. The van der Waals surface area contributed by atoms with Gasteiger partial charge in [0.2, 0.25) is 0 Å². The molecule has 2 aromatic carbocycles. The number of ether oxygens (including phenoxy) is 2. The van der Waals surface area contributed by atoms with Crippen LogP contribution in [0.3, 0.4) is 0 Å². The van der Waals surface area contributed by atoms with E-state index in [1.165, 1.54) is 0 Å². The SMILES string of the molecule is CCc1cc(OCC(=O)N2CCN(c3ccc(OC)cc3)CC2)ccc1Cl. The summed E-state index contributed by atoms with van der Waals surface area (Å²) < 4.78 is 10.9. The number of anilines is 1. The summed E-state index contributed by atoms with van der Waals surface area (Å²) in [5.41, 5.74) is 2.17. The minimum atomic E-state index is 0.0115. The van der Waals surface area contributed by atoms with Gasteiger partial charge in [0, 0.05) is 36.9 Å². The number of piperazine rings is 1. The van der Waals surface area contributed by atoms with Gasteiger partial charge in [0.05, 0.1) is 7.11 Å². The number of hydrogen-bond donors (Lipinski definition) is 0. The molecule has 6 heteroatoms. The van der Waals surface area contributed by atoms with Crippen LogP contribution in [0.1, 0.15) is 12.5 Å². The number of carbonyl (C=O) groups excluding carboxylic acids is 1. The van der Waals surface area contributed by atoms with Gasteiger partial charge in [0.25, 0.3) is 5.91 Å². The fourth-order valence-electron chi connectivity index (χ4n) is 3.16. The first-order valence-electron chi connectivity index (χ1n) is 9.18. The molecule has 144 valence electrons. The molecule has 5 nitrogen and oxygen atoms in total. The van der Waals surface area contributed by atoms with Gasteiger partial charge >= 0.3 is 0 Å². The predicted octanol–water partition coefficient (Wildman–Crippen LogP) is 3.64. The molecule has 1 heterocycles. The first-order chi connectivity index (χ1) is 13.1. The lowest BCUT2D eigenvalue weighted by atomic mass is 10.1. The molecule has 0 radical (unpaired) electrons. The van der Waals surface area contributed by atoms with Gasteiger partial charge in [-0.15, -0.1) is 0 Å². The molecule has 2 aromatic rings. The molecule has 0 bridgehead atoms. The van der Waals surface area contributed by atoms with Crippen LogP contribution in [0.5, 0.6) is 11.5 Å². The number of rotatable bonds is 6. The Labute approximate surface area is 165 Å². The maximum atomic E-state index is 12.5. The van der Waals surface area contributed by atoms with Crippen LogP contribution in [0, 0.1) is 0 Å². The molecule has 1 amide bonds. The van der Waals surface area contributed by atoms with Crippen LogP contribution in [0.15, 0.2) is 42.5 Å². The van der Waals surface area contributed by atoms with Crippen molar-refractivity contribution in [2.45, 2.75) is 13.3 Å². The summed E-state index contributed by atoms with van der Waals surface area (Å²) in [4.78, 5) is 16.6. The predicted molar refractivity (Wildman–Crippen MR) is 108 cm³/mol. The normalized spacial score (nSPS) is 14.2. The molecule has 0 N–H and O–H groups in total. The first kappa shape index (κ1) is 19.4. The Morgan fingerprint density at radius 1 is 1.04 bits per heavy atom. The molecule has 0 aromatic heterocycles. The molecule has 1 fully saturated rings. The van der Waals surface area contributed by atoms with Gasteiger partial charge in [0.15, 0.2) is 6.61 Å². The number of hydrogen-bond acceptors (Lipinski definition) is 4. The van der Waals surface area contributed by atoms with Crippen molar-refractivity contribution in [2.24, 2.45) is 0 Å². The van der Waals surface area contributed by atoms with E-state index in [-0.39, 0.29) is 12.5 Å². The maximum Gasteiger partial charge on any atom is 0.260 e. The van der Waals surface area contributed by atoms with Crippen LogP contribution in [0.25, 0.3) is 0 Å². The number of nitrogens with zero attached hydrogens (tertiary/aromatic N) is 2. The zero-order chi connectivity index (χ0) is 19.2. The molecule has 1 aliphatic heterocycles. The number of carbonyl (C=O) groups is 1. The molecule has 1 saturated heterocycles. The standard InChI is InChI=1S/C21H25ClN2O3/c1-3-16-14-19(8-9-20(16)22)27-15-21(25)24-12-10-23(11-13-24)17-4-6-18(26-2)7-5-17/h4-9,14H,3,10-13,15H2,1-2H3. The van der Waals surface area contributed by atoms with E-state index in [2.05, 4.69) is 4.90 Å². The zero-order valence-corrected chi connectivity index (χ0v) is 16.5. The molecule has 0 unspecified atom stereocenters. The highest BCUT2D eigenvalue weighted by atomic mass is 35.5. The Kier molecular flexibility index (Phi) is 6.45. The van der Waals surface area contributed by atoms with Crippen molar-refractivity contribution in [3.63, 3.8) is 0 Å². The summed E-state index contributed by atoms with van der Waals surface area (Å²) in [6.07, 6.45) is 0.831. The van der Waals surface area contributed by atoms with Gasteiger partial charge in [-0.2, -0.15) is 0 Å². The lowest BCUT2D eigenvalue weighted by molar-refractivity contribution is -0.133. The van der Waals surface area contributed by atoms with E-state index in [1.54, 1.807) is 13.2 Å². The van der Waals surface area contributed by atoms with Crippen molar-refractivity contribution in [1.82, 2.24) is 4.90 Å². The minimum absolute atomic E-state index is 0.0115. The van der Waals surface area contributed by atoms with Crippen LogP contribution in [-0.2, 0) is 11.2 Å². The maximum absolute atomic E-state index is 12.5. The van der Waals surface area contributed by atoms with Gasteiger partial charge in [-0.25, -0.2) is 0 Å². The average Bonchev–Trinajstić information content (AvgIpc) is 2.73. The van der Waals surface area contributed by atoms with Crippen LogP contribution in [0.4, 0.5) is 5.69 Å². The van der Waals surface area contributed by atoms with Crippen molar-refractivity contribution < 1.29 is 14.3 Å². The molecule has 27 heavy (non-hydrogen) atoms. The Morgan fingerprint density at radius 3 is 2.33 bits per heavy atom. The summed E-state index contributed by atoms with van der Waals surface area (Å²) >= 11 is 6.12. The highest BCUT2D eigenvalue weighted by Crippen LogP contribution is 2.23. The van der Waals surface area contributed by atoms with Gasteiger partial charge in [-0.1, -0.05) is 18.5 Å². The Hall–Kier alpha value is -2.40. The fourth-order valence-corrected chi connectivity index (χ4v) is 3.41. The average molecular weight is 389 g/mol. The monoisotopic (exact) mass is 388 g/mol.